The highest BCUT2D eigenvalue weighted by Gasteiger charge is 2.46. The van der Waals surface area contributed by atoms with E-state index in [2.05, 4.69) is 27.4 Å². The van der Waals surface area contributed by atoms with Gasteiger partial charge in [-0.25, -0.2) is 0 Å². The van der Waals surface area contributed by atoms with Crippen LogP contribution in [0.1, 0.15) is 40.0 Å². The molecule has 2 heteroatoms. The molecule has 1 saturated carbocycles. The average Bonchev–Trinajstić information content (AvgIpc) is 2.41. The molecule has 84 valence electrons. The Morgan fingerprint density at radius 1 is 1.27 bits per heavy atom. The van der Waals surface area contributed by atoms with E-state index in [1.165, 1.54) is 0 Å². The van der Waals surface area contributed by atoms with Gasteiger partial charge in [-0.3, -0.25) is 4.79 Å². The first-order valence-electron chi connectivity index (χ1n) is 5.80. The van der Waals surface area contributed by atoms with Crippen LogP contribution in [0.5, 0.6) is 0 Å². The van der Waals surface area contributed by atoms with E-state index in [1.54, 1.807) is 0 Å². The van der Waals surface area contributed by atoms with Crippen molar-refractivity contribution in [3.05, 3.63) is 12.3 Å². The normalized spacial score (nSPS) is 36.3. The van der Waals surface area contributed by atoms with Crippen molar-refractivity contribution in [3.63, 3.8) is 0 Å². The number of fused-ring (bicyclic) bond motifs is 1. The van der Waals surface area contributed by atoms with Crippen molar-refractivity contribution in [2.45, 2.75) is 40.0 Å². The minimum absolute atomic E-state index is 0.0441. The first-order valence-corrected chi connectivity index (χ1v) is 5.80. The van der Waals surface area contributed by atoms with E-state index in [-0.39, 0.29) is 17.8 Å². The summed E-state index contributed by atoms with van der Waals surface area (Å²) in [5.74, 6) is 1.74. The number of ether oxygens (including phenoxy) is 1. The molecule has 2 unspecified atom stereocenters. The van der Waals surface area contributed by atoms with Crippen molar-refractivity contribution >= 4 is 5.97 Å². The molecule has 2 rings (SSSR count). The maximum Gasteiger partial charge on any atom is 0.314 e. The summed E-state index contributed by atoms with van der Waals surface area (Å²) in [4.78, 5) is 11.5. The summed E-state index contributed by atoms with van der Waals surface area (Å²) in [5, 5.41) is 0. The topological polar surface area (TPSA) is 26.3 Å². The number of cyclic esters (lactones) is 1. The summed E-state index contributed by atoms with van der Waals surface area (Å²) < 4.78 is 5.14. The molecule has 0 aromatic carbocycles. The molecule has 2 fully saturated rings. The van der Waals surface area contributed by atoms with Gasteiger partial charge in [0, 0.05) is 5.92 Å². The first kappa shape index (κ1) is 10.7. The molecule has 0 N–H and O–H groups in total. The molecular weight excluding hydrogens is 188 g/mol. The number of allylic oxidation sites excluding steroid dienone is 1. The molecule has 1 aliphatic carbocycles. The molecular formula is C13H20O2. The highest BCUT2D eigenvalue weighted by atomic mass is 16.5. The largest absolute Gasteiger partial charge is 0.431 e. The molecule has 0 aromatic heterocycles. The van der Waals surface area contributed by atoms with E-state index in [9.17, 15) is 4.79 Å². The number of hydrogen-bond donors (Lipinski definition) is 0. The van der Waals surface area contributed by atoms with E-state index < -0.39 is 0 Å². The summed E-state index contributed by atoms with van der Waals surface area (Å²) in [6.07, 6.45) is 3.19. The Morgan fingerprint density at radius 2 is 1.93 bits per heavy atom. The highest BCUT2D eigenvalue weighted by Crippen LogP contribution is 2.48. The molecule has 0 radical (unpaired) electrons. The molecule has 2 aliphatic rings. The number of carbonyl (C=O) groups excluding carboxylic acids is 1. The van der Waals surface area contributed by atoms with Gasteiger partial charge in [0.1, 0.15) is 5.76 Å². The second kappa shape index (κ2) is 3.36. The van der Waals surface area contributed by atoms with Crippen LogP contribution in [-0.4, -0.2) is 5.97 Å². The number of hydrogen-bond acceptors (Lipinski definition) is 2. The van der Waals surface area contributed by atoms with Crippen LogP contribution in [0, 0.1) is 23.2 Å². The van der Waals surface area contributed by atoms with Crippen LogP contribution in [0.4, 0.5) is 0 Å². The van der Waals surface area contributed by atoms with Gasteiger partial charge in [0.2, 0.25) is 0 Å². The lowest BCUT2D eigenvalue weighted by Gasteiger charge is -2.37. The van der Waals surface area contributed by atoms with Crippen molar-refractivity contribution in [2.75, 3.05) is 0 Å². The van der Waals surface area contributed by atoms with Crippen LogP contribution >= 0.6 is 0 Å². The molecule has 0 aromatic rings. The van der Waals surface area contributed by atoms with E-state index >= 15 is 0 Å². The van der Waals surface area contributed by atoms with Crippen molar-refractivity contribution in [2.24, 2.45) is 23.2 Å². The highest BCUT2D eigenvalue weighted by molar-refractivity contribution is 5.77. The monoisotopic (exact) mass is 208 g/mol. The Morgan fingerprint density at radius 3 is 2.53 bits per heavy atom. The van der Waals surface area contributed by atoms with Gasteiger partial charge >= 0.3 is 5.97 Å². The van der Waals surface area contributed by atoms with Crippen LogP contribution < -0.4 is 0 Å². The van der Waals surface area contributed by atoms with Crippen molar-refractivity contribution in [1.82, 2.24) is 0 Å². The SMILES string of the molecule is C=C1OC(=O)C2CC[C@H](C(C)(C)C)CC12. The van der Waals surface area contributed by atoms with Crippen molar-refractivity contribution in [3.8, 4) is 0 Å². The van der Waals surface area contributed by atoms with Gasteiger partial charge in [-0.05, 0) is 30.6 Å². The maximum absolute atomic E-state index is 11.5. The molecule has 1 heterocycles. The number of carbonyl (C=O) groups is 1. The molecule has 0 bridgehead atoms. The zero-order chi connectivity index (χ0) is 11.2. The van der Waals surface area contributed by atoms with Crippen LogP contribution in [0.15, 0.2) is 12.3 Å². The van der Waals surface area contributed by atoms with E-state index in [4.69, 9.17) is 4.74 Å². The summed E-state index contributed by atoms with van der Waals surface area (Å²) in [6, 6.07) is 0. The predicted octanol–water partition coefficient (Wildman–Crippen LogP) is 3.14. The third kappa shape index (κ3) is 1.82. The van der Waals surface area contributed by atoms with E-state index in [0.717, 1.165) is 19.3 Å². The van der Waals surface area contributed by atoms with Crippen LogP contribution in [0.2, 0.25) is 0 Å². The Labute approximate surface area is 91.7 Å². The molecule has 3 atom stereocenters. The quantitative estimate of drug-likeness (QED) is 0.572. The van der Waals surface area contributed by atoms with Crippen molar-refractivity contribution < 1.29 is 9.53 Å². The first-order chi connectivity index (χ1) is 6.89. The third-order valence-corrected chi connectivity index (χ3v) is 4.02. The van der Waals surface area contributed by atoms with Crippen LogP contribution in [0.3, 0.4) is 0 Å². The summed E-state index contributed by atoms with van der Waals surface area (Å²) in [7, 11) is 0. The molecule has 15 heavy (non-hydrogen) atoms. The second-order valence-corrected chi connectivity index (χ2v) is 5.98. The fourth-order valence-electron chi connectivity index (χ4n) is 2.88. The molecule has 0 spiro atoms. The zero-order valence-electron chi connectivity index (χ0n) is 9.88. The maximum atomic E-state index is 11.5. The smallest absolute Gasteiger partial charge is 0.314 e. The minimum atomic E-state index is -0.0441. The Kier molecular flexibility index (Phi) is 2.40. The summed E-state index contributed by atoms with van der Waals surface area (Å²) in [5.41, 5.74) is 0.330. The van der Waals surface area contributed by atoms with Gasteiger partial charge in [0.15, 0.2) is 0 Å². The van der Waals surface area contributed by atoms with E-state index in [1.807, 2.05) is 0 Å². The average molecular weight is 208 g/mol. The standard InChI is InChI=1S/C13H20O2/c1-8-11-7-9(13(2,3)4)5-6-10(11)12(14)15-8/h9-11H,1,5-7H2,2-4H3/t9-,10?,11?/m0/s1. The lowest BCUT2D eigenvalue weighted by molar-refractivity contribution is -0.139. The van der Waals surface area contributed by atoms with Crippen molar-refractivity contribution in [1.29, 1.82) is 0 Å². The fourth-order valence-corrected chi connectivity index (χ4v) is 2.88. The van der Waals surface area contributed by atoms with E-state index in [0.29, 0.717) is 17.1 Å². The Hall–Kier alpha value is -0.790. The molecule has 1 aliphatic heterocycles. The van der Waals surface area contributed by atoms with Crippen LogP contribution in [-0.2, 0) is 9.53 Å². The Bertz CT molecular complexity index is 298. The van der Waals surface area contributed by atoms with Gasteiger partial charge in [0.25, 0.3) is 0 Å². The fraction of sp³-hybridized carbons (Fsp3) is 0.769. The lowest BCUT2D eigenvalue weighted by atomic mass is 9.66. The molecule has 0 amide bonds. The van der Waals surface area contributed by atoms with Crippen LogP contribution in [0.25, 0.3) is 0 Å². The minimum Gasteiger partial charge on any atom is -0.431 e. The summed E-state index contributed by atoms with van der Waals surface area (Å²) in [6.45, 7) is 10.7. The number of rotatable bonds is 0. The summed E-state index contributed by atoms with van der Waals surface area (Å²) >= 11 is 0. The predicted molar refractivity (Wildman–Crippen MR) is 59.0 cm³/mol. The zero-order valence-corrected chi connectivity index (χ0v) is 9.88. The molecule has 2 nitrogen and oxygen atoms in total. The number of esters is 1. The molecule has 1 saturated heterocycles. The third-order valence-electron chi connectivity index (χ3n) is 4.02. The lowest BCUT2D eigenvalue weighted by Crippen LogP contribution is -2.31. The van der Waals surface area contributed by atoms with Gasteiger partial charge < -0.3 is 4.74 Å². The Balaban J connectivity index is 2.12. The van der Waals surface area contributed by atoms with Gasteiger partial charge in [-0.2, -0.15) is 0 Å². The second-order valence-electron chi connectivity index (χ2n) is 5.98. The van der Waals surface area contributed by atoms with Gasteiger partial charge in [0.05, 0.1) is 5.92 Å². The van der Waals surface area contributed by atoms with Gasteiger partial charge in [-0.15, -0.1) is 0 Å². The van der Waals surface area contributed by atoms with Gasteiger partial charge in [-0.1, -0.05) is 27.4 Å².